The molecule has 5 heteroatoms. The van der Waals surface area contributed by atoms with Crippen molar-refractivity contribution in [2.24, 2.45) is 11.8 Å². The van der Waals surface area contributed by atoms with Crippen LogP contribution in [0, 0.1) is 11.8 Å². The molecule has 1 saturated carbocycles. The number of nitrogens with zero attached hydrogens (tertiary/aromatic N) is 2. The molecule has 0 aromatic carbocycles. The zero-order valence-electron chi connectivity index (χ0n) is 12.8. The first kappa shape index (κ1) is 14.9. The van der Waals surface area contributed by atoms with Crippen LogP contribution in [0.15, 0.2) is 6.07 Å². The maximum Gasteiger partial charge on any atom is 0.223 e. The van der Waals surface area contributed by atoms with Crippen LogP contribution in [-0.2, 0) is 0 Å². The number of hydrogen-bond acceptors (Lipinski definition) is 5. The topological polar surface area (TPSA) is 75.9 Å². The molecule has 0 spiro atoms. The molecule has 1 aromatic heterocycles. The van der Waals surface area contributed by atoms with Gasteiger partial charge in [-0.2, -0.15) is 9.97 Å². The SMILES string of the molecule is CCNc1cc(NC2CCCCC2C(C)C)nc(N)n1. The van der Waals surface area contributed by atoms with Crippen LogP contribution in [0.3, 0.4) is 0 Å². The van der Waals surface area contributed by atoms with Gasteiger partial charge in [0.1, 0.15) is 11.6 Å². The van der Waals surface area contributed by atoms with E-state index < -0.39 is 0 Å². The van der Waals surface area contributed by atoms with Gasteiger partial charge in [-0.25, -0.2) is 0 Å². The summed E-state index contributed by atoms with van der Waals surface area (Å²) < 4.78 is 0. The number of aromatic nitrogens is 2. The van der Waals surface area contributed by atoms with Gasteiger partial charge in [-0.05, 0) is 31.6 Å². The van der Waals surface area contributed by atoms with Gasteiger partial charge >= 0.3 is 0 Å². The number of anilines is 3. The number of nitrogen functional groups attached to an aromatic ring is 1. The maximum absolute atomic E-state index is 5.79. The van der Waals surface area contributed by atoms with E-state index in [0.29, 0.717) is 23.8 Å². The molecule has 2 unspecified atom stereocenters. The molecule has 1 aromatic rings. The van der Waals surface area contributed by atoms with Crippen molar-refractivity contribution in [1.82, 2.24) is 9.97 Å². The third-order valence-corrected chi connectivity index (χ3v) is 4.11. The van der Waals surface area contributed by atoms with Crippen LogP contribution in [0.5, 0.6) is 0 Å². The van der Waals surface area contributed by atoms with Gasteiger partial charge in [-0.3, -0.25) is 0 Å². The minimum absolute atomic E-state index is 0.322. The number of rotatable bonds is 5. The summed E-state index contributed by atoms with van der Waals surface area (Å²) in [6, 6.07) is 2.44. The van der Waals surface area contributed by atoms with Crippen LogP contribution in [0.4, 0.5) is 17.6 Å². The van der Waals surface area contributed by atoms with Gasteiger partial charge in [-0.1, -0.05) is 26.7 Å². The highest BCUT2D eigenvalue weighted by Gasteiger charge is 2.27. The largest absolute Gasteiger partial charge is 0.370 e. The van der Waals surface area contributed by atoms with Gasteiger partial charge < -0.3 is 16.4 Å². The van der Waals surface area contributed by atoms with Gasteiger partial charge in [0.15, 0.2) is 0 Å². The van der Waals surface area contributed by atoms with Crippen LogP contribution in [0.25, 0.3) is 0 Å². The van der Waals surface area contributed by atoms with E-state index in [1.807, 2.05) is 13.0 Å². The van der Waals surface area contributed by atoms with Crippen LogP contribution < -0.4 is 16.4 Å². The fourth-order valence-corrected chi connectivity index (χ4v) is 3.14. The van der Waals surface area contributed by atoms with Crippen LogP contribution in [-0.4, -0.2) is 22.6 Å². The van der Waals surface area contributed by atoms with Crippen molar-refractivity contribution in [1.29, 1.82) is 0 Å². The minimum Gasteiger partial charge on any atom is -0.370 e. The first-order valence-electron chi connectivity index (χ1n) is 7.75. The summed E-state index contributed by atoms with van der Waals surface area (Å²) in [5.41, 5.74) is 5.79. The molecule has 1 fully saturated rings. The molecule has 0 saturated heterocycles. The van der Waals surface area contributed by atoms with Crippen molar-refractivity contribution in [3.05, 3.63) is 6.07 Å². The highest BCUT2D eigenvalue weighted by molar-refractivity contribution is 5.51. The van der Waals surface area contributed by atoms with Gasteiger partial charge in [0.2, 0.25) is 5.95 Å². The fraction of sp³-hybridized carbons (Fsp3) is 0.733. The summed E-state index contributed by atoms with van der Waals surface area (Å²) in [6.45, 7) is 7.49. The zero-order valence-corrected chi connectivity index (χ0v) is 12.8. The van der Waals surface area contributed by atoms with E-state index in [1.54, 1.807) is 0 Å². The molecule has 0 aliphatic heterocycles. The molecule has 4 N–H and O–H groups in total. The Kier molecular flexibility index (Phi) is 5.04. The Morgan fingerprint density at radius 2 is 1.95 bits per heavy atom. The highest BCUT2D eigenvalue weighted by atomic mass is 15.1. The Labute approximate surface area is 121 Å². The Bertz CT molecular complexity index is 432. The van der Waals surface area contributed by atoms with Crippen molar-refractivity contribution in [2.75, 3.05) is 22.9 Å². The molecule has 1 heterocycles. The molecule has 2 rings (SSSR count). The second kappa shape index (κ2) is 6.77. The van der Waals surface area contributed by atoms with Crippen LogP contribution in [0.2, 0.25) is 0 Å². The minimum atomic E-state index is 0.322. The van der Waals surface area contributed by atoms with Crippen LogP contribution >= 0.6 is 0 Å². The predicted molar refractivity (Wildman–Crippen MR) is 84.8 cm³/mol. The van der Waals surface area contributed by atoms with E-state index in [-0.39, 0.29) is 0 Å². The van der Waals surface area contributed by atoms with Crippen molar-refractivity contribution in [3.63, 3.8) is 0 Å². The Morgan fingerprint density at radius 1 is 1.25 bits per heavy atom. The van der Waals surface area contributed by atoms with Gasteiger partial charge in [0.25, 0.3) is 0 Å². The first-order chi connectivity index (χ1) is 9.60. The first-order valence-corrected chi connectivity index (χ1v) is 7.75. The molecular formula is C15H27N5. The summed E-state index contributed by atoms with van der Waals surface area (Å²) in [4.78, 5) is 8.51. The monoisotopic (exact) mass is 277 g/mol. The van der Waals surface area contributed by atoms with E-state index in [2.05, 4.69) is 34.4 Å². The summed E-state index contributed by atoms with van der Waals surface area (Å²) in [5, 5.41) is 6.77. The zero-order chi connectivity index (χ0) is 14.5. The lowest BCUT2D eigenvalue weighted by atomic mass is 9.78. The number of hydrogen-bond donors (Lipinski definition) is 3. The van der Waals surface area contributed by atoms with E-state index >= 15 is 0 Å². The lowest BCUT2D eigenvalue weighted by molar-refractivity contribution is 0.253. The van der Waals surface area contributed by atoms with E-state index in [4.69, 9.17) is 5.73 Å². The molecule has 0 radical (unpaired) electrons. The lowest BCUT2D eigenvalue weighted by Crippen LogP contribution is -2.35. The molecule has 0 bridgehead atoms. The molecular weight excluding hydrogens is 250 g/mol. The number of nitrogens with one attached hydrogen (secondary N) is 2. The average molecular weight is 277 g/mol. The van der Waals surface area contributed by atoms with Crippen molar-refractivity contribution >= 4 is 17.6 Å². The van der Waals surface area contributed by atoms with E-state index in [0.717, 1.165) is 18.2 Å². The smallest absolute Gasteiger partial charge is 0.223 e. The molecule has 112 valence electrons. The Hall–Kier alpha value is -1.52. The van der Waals surface area contributed by atoms with Gasteiger partial charge in [-0.15, -0.1) is 0 Å². The molecule has 20 heavy (non-hydrogen) atoms. The van der Waals surface area contributed by atoms with Gasteiger partial charge in [0.05, 0.1) is 0 Å². The average Bonchev–Trinajstić information content (AvgIpc) is 2.38. The summed E-state index contributed by atoms with van der Waals surface area (Å²) in [7, 11) is 0. The quantitative estimate of drug-likeness (QED) is 0.771. The second-order valence-corrected chi connectivity index (χ2v) is 5.97. The summed E-state index contributed by atoms with van der Waals surface area (Å²) >= 11 is 0. The molecule has 1 aliphatic carbocycles. The highest BCUT2D eigenvalue weighted by Crippen LogP contribution is 2.32. The van der Waals surface area contributed by atoms with E-state index in [9.17, 15) is 0 Å². The summed E-state index contributed by atoms with van der Waals surface area (Å²) in [5.74, 6) is 3.36. The third-order valence-electron chi connectivity index (χ3n) is 4.11. The predicted octanol–water partition coefficient (Wildman–Crippen LogP) is 3.12. The number of nitrogens with two attached hydrogens (primary N) is 1. The standard InChI is InChI=1S/C15H27N5/c1-4-17-13-9-14(20-15(16)19-13)18-12-8-6-5-7-11(12)10(2)3/h9-12H,4-8H2,1-3H3,(H4,16,17,18,19,20). The molecule has 0 amide bonds. The Balaban J connectivity index is 2.11. The summed E-state index contributed by atoms with van der Waals surface area (Å²) in [6.07, 6.45) is 5.15. The van der Waals surface area contributed by atoms with Crippen molar-refractivity contribution in [3.8, 4) is 0 Å². The van der Waals surface area contributed by atoms with Crippen LogP contribution in [0.1, 0.15) is 46.5 Å². The third kappa shape index (κ3) is 3.74. The van der Waals surface area contributed by atoms with Crippen molar-refractivity contribution in [2.45, 2.75) is 52.5 Å². The fourth-order valence-electron chi connectivity index (χ4n) is 3.14. The molecule has 2 atom stereocenters. The molecule has 1 aliphatic rings. The maximum atomic E-state index is 5.79. The molecule has 5 nitrogen and oxygen atoms in total. The second-order valence-electron chi connectivity index (χ2n) is 5.97. The Morgan fingerprint density at radius 3 is 2.65 bits per heavy atom. The van der Waals surface area contributed by atoms with Crippen molar-refractivity contribution < 1.29 is 0 Å². The van der Waals surface area contributed by atoms with E-state index in [1.165, 1.54) is 25.7 Å². The van der Waals surface area contributed by atoms with Gasteiger partial charge in [0, 0.05) is 18.7 Å². The lowest BCUT2D eigenvalue weighted by Gasteiger charge is -2.35. The normalized spacial score (nSPS) is 22.8.